The van der Waals surface area contributed by atoms with Crippen molar-refractivity contribution < 1.29 is 9.18 Å². The van der Waals surface area contributed by atoms with E-state index in [4.69, 9.17) is 17.3 Å². The number of hydrogen-bond donors (Lipinski definition) is 2. The summed E-state index contributed by atoms with van der Waals surface area (Å²) in [6.07, 6.45) is 3.99. The number of nitrogens with two attached hydrogens (primary N) is 1. The largest absolute Gasteiger partial charge is 0.330 e. The molecule has 2 unspecified atom stereocenters. The second-order valence-corrected chi connectivity index (χ2v) is 5.47. The molecule has 0 saturated heterocycles. The molecule has 0 aliphatic heterocycles. The SMILES string of the molecule is NCC1CCCCC1C(=O)Nc1cc(F)cc(Cl)c1. The van der Waals surface area contributed by atoms with Crippen LogP contribution in [0.3, 0.4) is 0 Å². The molecule has 1 fully saturated rings. The molecule has 0 bridgehead atoms. The molecule has 5 heteroatoms. The van der Waals surface area contributed by atoms with E-state index in [1.54, 1.807) is 6.07 Å². The molecular weight excluding hydrogens is 267 g/mol. The summed E-state index contributed by atoms with van der Waals surface area (Å²) in [5.74, 6) is -0.405. The summed E-state index contributed by atoms with van der Waals surface area (Å²) in [6.45, 7) is 0.516. The van der Waals surface area contributed by atoms with E-state index in [1.807, 2.05) is 0 Å². The van der Waals surface area contributed by atoms with Gasteiger partial charge in [0.15, 0.2) is 0 Å². The second kappa shape index (κ2) is 6.35. The number of amides is 1. The highest BCUT2D eigenvalue weighted by Crippen LogP contribution is 2.30. The van der Waals surface area contributed by atoms with Crippen LogP contribution in [0.25, 0.3) is 0 Å². The maximum atomic E-state index is 13.2. The maximum Gasteiger partial charge on any atom is 0.227 e. The van der Waals surface area contributed by atoms with Gasteiger partial charge in [-0.25, -0.2) is 4.39 Å². The van der Waals surface area contributed by atoms with Gasteiger partial charge in [-0.05, 0) is 43.5 Å². The monoisotopic (exact) mass is 284 g/mol. The van der Waals surface area contributed by atoms with Gasteiger partial charge in [0.1, 0.15) is 5.82 Å². The smallest absolute Gasteiger partial charge is 0.227 e. The Morgan fingerprint density at radius 2 is 2.11 bits per heavy atom. The molecule has 104 valence electrons. The van der Waals surface area contributed by atoms with Crippen LogP contribution in [0.5, 0.6) is 0 Å². The Hall–Kier alpha value is -1.13. The number of halogens is 2. The van der Waals surface area contributed by atoms with E-state index in [-0.39, 0.29) is 22.8 Å². The highest BCUT2D eigenvalue weighted by molar-refractivity contribution is 6.30. The lowest BCUT2D eigenvalue weighted by Crippen LogP contribution is -2.35. The van der Waals surface area contributed by atoms with Crippen LogP contribution in [-0.2, 0) is 4.79 Å². The molecule has 0 radical (unpaired) electrons. The van der Waals surface area contributed by atoms with Gasteiger partial charge in [0.25, 0.3) is 0 Å². The van der Waals surface area contributed by atoms with Gasteiger partial charge in [0, 0.05) is 16.6 Å². The molecule has 19 heavy (non-hydrogen) atoms. The third-order valence-electron chi connectivity index (χ3n) is 3.68. The van der Waals surface area contributed by atoms with Crippen molar-refractivity contribution in [2.75, 3.05) is 11.9 Å². The zero-order valence-corrected chi connectivity index (χ0v) is 11.4. The summed E-state index contributed by atoms with van der Waals surface area (Å²) in [4.78, 5) is 12.2. The van der Waals surface area contributed by atoms with E-state index in [0.717, 1.165) is 25.7 Å². The molecule has 3 N–H and O–H groups in total. The predicted octanol–water partition coefficient (Wildman–Crippen LogP) is 3.18. The van der Waals surface area contributed by atoms with E-state index < -0.39 is 5.82 Å². The van der Waals surface area contributed by atoms with E-state index in [9.17, 15) is 9.18 Å². The van der Waals surface area contributed by atoms with Crippen molar-refractivity contribution in [3.63, 3.8) is 0 Å². The van der Waals surface area contributed by atoms with Crippen molar-refractivity contribution in [3.05, 3.63) is 29.0 Å². The van der Waals surface area contributed by atoms with Crippen LogP contribution < -0.4 is 11.1 Å². The van der Waals surface area contributed by atoms with Gasteiger partial charge in [0.05, 0.1) is 0 Å². The molecule has 3 nitrogen and oxygen atoms in total. The van der Waals surface area contributed by atoms with Crippen LogP contribution in [-0.4, -0.2) is 12.5 Å². The fourth-order valence-electron chi connectivity index (χ4n) is 2.70. The van der Waals surface area contributed by atoms with E-state index in [2.05, 4.69) is 5.32 Å². The first kappa shape index (κ1) is 14.3. The molecule has 0 heterocycles. The number of rotatable bonds is 3. The first-order valence-corrected chi connectivity index (χ1v) is 6.95. The van der Waals surface area contributed by atoms with Gasteiger partial charge in [-0.2, -0.15) is 0 Å². The molecule has 2 rings (SSSR count). The molecule has 1 saturated carbocycles. The molecule has 1 aromatic rings. The van der Waals surface area contributed by atoms with Gasteiger partial charge in [-0.15, -0.1) is 0 Å². The fourth-order valence-corrected chi connectivity index (χ4v) is 2.92. The van der Waals surface area contributed by atoms with Crippen molar-refractivity contribution in [2.24, 2.45) is 17.6 Å². The zero-order chi connectivity index (χ0) is 13.8. The number of benzene rings is 1. The topological polar surface area (TPSA) is 55.1 Å². The molecule has 1 amide bonds. The minimum atomic E-state index is -0.457. The van der Waals surface area contributed by atoms with Crippen molar-refractivity contribution in [1.82, 2.24) is 0 Å². The maximum absolute atomic E-state index is 13.2. The Bertz CT molecular complexity index is 447. The third kappa shape index (κ3) is 3.67. The van der Waals surface area contributed by atoms with E-state index >= 15 is 0 Å². The molecule has 1 aliphatic rings. The number of carbonyl (C=O) groups excluding carboxylic acids is 1. The van der Waals surface area contributed by atoms with Crippen molar-refractivity contribution in [1.29, 1.82) is 0 Å². The quantitative estimate of drug-likeness (QED) is 0.896. The standard InChI is InChI=1S/C14H18ClFN2O/c15-10-5-11(16)7-12(6-10)18-14(19)13-4-2-1-3-9(13)8-17/h5-7,9,13H,1-4,8,17H2,(H,18,19). The first-order valence-electron chi connectivity index (χ1n) is 6.57. The van der Waals surface area contributed by atoms with Crippen LogP contribution in [0.15, 0.2) is 18.2 Å². The van der Waals surface area contributed by atoms with Gasteiger partial charge in [-0.3, -0.25) is 4.79 Å². The Morgan fingerprint density at radius 1 is 1.37 bits per heavy atom. The highest BCUT2D eigenvalue weighted by atomic mass is 35.5. The fraction of sp³-hybridized carbons (Fsp3) is 0.500. The number of nitrogens with one attached hydrogen (secondary N) is 1. The molecular formula is C14H18ClFN2O. The highest BCUT2D eigenvalue weighted by Gasteiger charge is 2.29. The third-order valence-corrected chi connectivity index (χ3v) is 3.90. The minimum Gasteiger partial charge on any atom is -0.330 e. The summed E-state index contributed by atoms with van der Waals surface area (Å²) in [5.41, 5.74) is 6.11. The molecule has 0 aromatic heterocycles. The first-order chi connectivity index (χ1) is 9.10. The average molecular weight is 285 g/mol. The van der Waals surface area contributed by atoms with Crippen molar-refractivity contribution in [2.45, 2.75) is 25.7 Å². The van der Waals surface area contributed by atoms with E-state index in [0.29, 0.717) is 12.2 Å². The Morgan fingerprint density at radius 3 is 2.79 bits per heavy atom. The number of hydrogen-bond acceptors (Lipinski definition) is 2. The van der Waals surface area contributed by atoms with Gasteiger partial charge in [-0.1, -0.05) is 24.4 Å². The average Bonchev–Trinajstić information content (AvgIpc) is 2.37. The lowest BCUT2D eigenvalue weighted by molar-refractivity contribution is -0.122. The Balaban J connectivity index is 2.07. The van der Waals surface area contributed by atoms with Gasteiger partial charge in [0.2, 0.25) is 5.91 Å². The molecule has 0 spiro atoms. The molecule has 1 aliphatic carbocycles. The summed E-state index contributed by atoms with van der Waals surface area (Å²) in [6, 6.07) is 4.02. The van der Waals surface area contributed by atoms with Gasteiger partial charge < -0.3 is 11.1 Å². The van der Waals surface area contributed by atoms with Crippen LogP contribution in [0, 0.1) is 17.7 Å². The van der Waals surface area contributed by atoms with Crippen molar-refractivity contribution in [3.8, 4) is 0 Å². The summed E-state index contributed by atoms with van der Waals surface area (Å²) >= 11 is 5.76. The second-order valence-electron chi connectivity index (χ2n) is 5.03. The van der Waals surface area contributed by atoms with Crippen LogP contribution in [0.1, 0.15) is 25.7 Å². The summed E-state index contributed by atoms with van der Waals surface area (Å²) in [7, 11) is 0. The molecule has 2 atom stereocenters. The summed E-state index contributed by atoms with van der Waals surface area (Å²) in [5, 5.41) is 3.01. The molecule has 1 aromatic carbocycles. The normalized spacial score (nSPS) is 23.1. The van der Waals surface area contributed by atoms with E-state index in [1.165, 1.54) is 12.1 Å². The number of carbonyl (C=O) groups is 1. The zero-order valence-electron chi connectivity index (χ0n) is 10.7. The minimum absolute atomic E-state index is 0.0826. The predicted molar refractivity (Wildman–Crippen MR) is 74.5 cm³/mol. The van der Waals surface area contributed by atoms with Crippen molar-refractivity contribution >= 4 is 23.2 Å². The Kier molecular flexibility index (Phi) is 4.77. The van der Waals surface area contributed by atoms with Crippen LogP contribution in [0.2, 0.25) is 5.02 Å². The van der Waals surface area contributed by atoms with Crippen LogP contribution >= 0.6 is 11.6 Å². The lowest BCUT2D eigenvalue weighted by atomic mass is 9.78. The van der Waals surface area contributed by atoms with Gasteiger partial charge >= 0.3 is 0 Å². The Labute approximate surface area is 117 Å². The van der Waals surface area contributed by atoms with Crippen LogP contribution in [0.4, 0.5) is 10.1 Å². The summed E-state index contributed by atoms with van der Waals surface area (Å²) < 4.78 is 13.2. The lowest BCUT2D eigenvalue weighted by Gasteiger charge is -2.29. The number of anilines is 1.